The van der Waals surface area contributed by atoms with Gasteiger partial charge >= 0.3 is 0 Å². The molecule has 110 valence electrons. The van der Waals surface area contributed by atoms with E-state index in [1.807, 2.05) is 10.7 Å². The Labute approximate surface area is 124 Å². The molecule has 21 heavy (non-hydrogen) atoms. The van der Waals surface area contributed by atoms with Crippen molar-refractivity contribution < 1.29 is 0 Å². The van der Waals surface area contributed by atoms with Gasteiger partial charge < -0.3 is 5.73 Å². The molecule has 0 aliphatic heterocycles. The number of hydrogen-bond acceptors (Lipinski definition) is 4. The van der Waals surface area contributed by atoms with Crippen molar-refractivity contribution in [1.82, 2.24) is 19.7 Å². The number of rotatable bonds is 2. The molecule has 0 aliphatic carbocycles. The van der Waals surface area contributed by atoms with E-state index in [4.69, 9.17) is 5.73 Å². The average Bonchev–Trinajstić information content (AvgIpc) is 2.76. The summed E-state index contributed by atoms with van der Waals surface area (Å²) in [5.74, 6) is 0.479. The van der Waals surface area contributed by atoms with Crippen LogP contribution in [0.3, 0.4) is 0 Å². The largest absolute Gasteiger partial charge is 0.382 e. The minimum absolute atomic E-state index is 0.178. The lowest BCUT2D eigenvalue weighted by Crippen LogP contribution is -2.14. The van der Waals surface area contributed by atoms with Gasteiger partial charge in [0.2, 0.25) is 0 Å². The lowest BCUT2D eigenvalue weighted by Gasteiger charge is -2.19. The minimum atomic E-state index is 0.178. The molecule has 0 spiro atoms. The zero-order valence-corrected chi connectivity index (χ0v) is 13.0. The highest BCUT2D eigenvalue weighted by Gasteiger charge is 2.21. The quantitative estimate of drug-likeness (QED) is 0.784. The zero-order valence-electron chi connectivity index (χ0n) is 13.0. The van der Waals surface area contributed by atoms with Gasteiger partial charge in [-0.05, 0) is 24.8 Å². The molecule has 0 aliphatic rings. The number of anilines is 1. The zero-order chi connectivity index (χ0) is 15.2. The molecule has 0 saturated carbocycles. The Balaban J connectivity index is 2.43. The monoisotopic (exact) mass is 283 g/mol. The van der Waals surface area contributed by atoms with Crippen molar-refractivity contribution in [3.8, 4) is 0 Å². The molecule has 5 heteroatoms. The second-order valence-corrected chi connectivity index (χ2v) is 6.61. The normalized spacial score (nSPS) is 12.4. The smallest absolute Gasteiger partial charge is 0.152 e. The van der Waals surface area contributed by atoms with Gasteiger partial charge in [-0.1, -0.05) is 20.8 Å². The number of nitrogens with zero attached hydrogens (tertiary/aromatic N) is 4. The molecular weight excluding hydrogens is 262 g/mol. The van der Waals surface area contributed by atoms with Crippen LogP contribution in [0.15, 0.2) is 18.5 Å². The van der Waals surface area contributed by atoms with Gasteiger partial charge in [0.1, 0.15) is 5.52 Å². The van der Waals surface area contributed by atoms with Crippen LogP contribution in [0.2, 0.25) is 0 Å². The highest BCUT2D eigenvalue weighted by molar-refractivity contribution is 6.09. The van der Waals surface area contributed by atoms with Gasteiger partial charge in [-0.25, -0.2) is 4.98 Å². The molecule has 5 nitrogen and oxygen atoms in total. The molecular formula is C16H21N5. The summed E-state index contributed by atoms with van der Waals surface area (Å²) >= 11 is 0. The maximum atomic E-state index is 6.11. The predicted molar refractivity (Wildman–Crippen MR) is 86.1 cm³/mol. The first-order valence-electron chi connectivity index (χ1n) is 7.29. The van der Waals surface area contributed by atoms with Crippen LogP contribution >= 0.6 is 0 Å². The Bertz CT molecular complexity index is 811. The Kier molecular flexibility index (Phi) is 3.08. The summed E-state index contributed by atoms with van der Waals surface area (Å²) in [6, 6.07) is 2.00. The van der Waals surface area contributed by atoms with Crippen LogP contribution in [0, 0.1) is 5.41 Å². The number of hydrogen-bond donors (Lipinski definition) is 1. The van der Waals surface area contributed by atoms with E-state index >= 15 is 0 Å². The molecule has 0 saturated heterocycles. The van der Waals surface area contributed by atoms with Crippen molar-refractivity contribution in [3.05, 3.63) is 24.2 Å². The van der Waals surface area contributed by atoms with Gasteiger partial charge in [0.25, 0.3) is 0 Å². The fraction of sp³-hybridized carbons (Fsp3) is 0.438. The third-order valence-corrected chi connectivity index (χ3v) is 3.61. The van der Waals surface area contributed by atoms with Crippen LogP contribution in [0.1, 0.15) is 33.4 Å². The summed E-state index contributed by atoms with van der Waals surface area (Å²) < 4.78 is 2.05. The molecule has 3 heterocycles. The lowest BCUT2D eigenvalue weighted by atomic mass is 9.89. The van der Waals surface area contributed by atoms with Gasteiger partial charge in [-0.15, -0.1) is 0 Å². The summed E-state index contributed by atoms with van der Waals surface area (Å²) in [6.07, 6.45) is 4.50. The van der Waals surface area contributed by atoms with Gasteiger partial charge in [0.05, 0.1) is 11.7 Å². The summed E-state index contributed by atoms with van der Waals surface area (Å²) in [4.78, 5) is 8.58. The number of aromatic nitrogens is 4. The third kappa shape index (κ3) is 2.33. The first-order valence-corrected chi connectivity index (χ1v) is 7.29. The SMILES string of the molecule is CCn1nc2c(N)nc3cnccc3c2c1CC(C)(C)C. The molecule has 0 amide bonds. The molecule has 0 bridgehead atoms. The van der Waals surface area contributed by atoms with E-state index in [1.165, 1.54) is 5.69 Å². The van der Waals surface area contributed by atoms with Gasteiger partial charge in [-0.2, -0.15) is 5.10 Å². The van der Waals surface area contributed by atoms with Crippen LogP contribution in [0.5, 0.6) is 0 Å². The molecule has 3 rings (SSSR count). The van der Waals surface area contributed by atoms with E-state index in [1.54, 1.807) is 12.4 Å². The fourth-order valence-corrected chi connectivity index (χ4v) is 2.77. The number of nitrogen functional groups attached to an aromatic ring is 1. The second-order valence-electron chi connectivity index (χ2n) is 6.61. The predicted octanol–water partition coefficient (Wildman–Crippen LogP) is 3.17. The van der Waals surface area contributed by atoms with Crippen LogP contribution in [0.4, 0.5) is 5.82 Å². The van der Waals surface area contributed by atoms with Crippen molar-refractivity contribution in [3.63, 3.8) is 0 Å². The summed E-state index contributed by atoms with van der Waals surface area (Å²) in [6.45, 7) is 9.64. The van der Waals surface area contributed by atoms with Crippen molar-refractivity contribution in [2.24, 2.45) is 5.41 Å². The molecule has 2 N–H and O–H groups in total. The fourth-order valence-electron chi connectivity index (χ4n) is 2.77. The Morgan fingerprint density at radius 1 is 1.29 bits per heavy atom. The first-order chi connectivity index (χ1) is 9.90. The van der Waals surface area contributed by atoms with Crippen LogP contribution in [-0.4, -0.2) is 19.7 Å². The summed E-state index contributed by atoms with van der Waals surface area (Å²) in [5.41, 5.74) is 9.14. The maximum Gasteiger partial charge on any atom is 0.152 e. The number of nitrogens with two attached hydrogens (primary N) is 1. The van der Waals surface area contributed by atoms with Crippen molar-refractivity contribution in [1.29, 1.82) is 0 Å². The van der Waals surface area contributed by atoms with Gasteiger partial charge in [0, 0.05) is 29.2 Å². The van der Waals surface area contributed by atoms with Crippen molar-refractivity contribution in [2.45, 2.75) is 40.7 Å². The van der Waals surface area contributed by atoms with Crippen LogP contribution < -0.4 is 5.73 Å². The van der Waals surface area contributed by atoms with Gasteiger partial charge in [-0.3, -0.25) is 9.67 Å². The van der Waals surface area contributed by atoms with E-state index in [0.29, 0.717) is 5.82 Å². The molecule has 0 fully saturated rings. The molecule has 3 aromatic rings. The Morgan fingerprint density at radius 2 is 2.05 bits per heavy atom. The average molecular weight is 283 g/mol. The Morgan fingerprint density at radius 3 is 2.71 bits per heavy atom. The molecule has 3 aromatic heterocycles. The van der Waals surface area contributed by atoms with Gasteiger partial charge in [0.15, 0.2) is 5.82 Å². The number of pyridine rings is 2. The maximum absolute atomic E-state index is 6.11. The van der Waals surface area contributed by atoms with Crippen molar-refractivity contribution in [2.75, 3.05) is 5.73 Å². The summed E-state index contributed by atoms with van der Waals surface area (Å²) in [7, 11) is 0. The first kappa shape index (κ1) is 13.8. The van der Waals surface area contributed by atoms with Crippen LogP contribution in [0.25, 0.3) is 21.8 Å². The van der Waals surface area contributed by atoms with E-state index < -0.39 is 0 Å². The standard InChI is InChI=1S/C16H21N5/c1-5-21-12(8-16(2,3)4)13-10-6-7-18-9-11(10)19-15(17)14(13)20-21/h6-7,9H,5,8H2,1-4H3,(H2,17,19). The second kappa shape index (κ2) is 4.69. The lowest BCUT2D eigenvalue weighted by molar-refractivity contribution is 0.395. The number of fused-ring (bicyclic) bond motifs is 3. The van der Waals surface area contributed by atoms with Crippen LogP contribution in [-0.2, 0) is 13.0 Å². The highest BCUT2D eigenvalue weighted by atomic mass is 15.3. The molecule has 0 radical (unpaired) electrons. The molecule has 0 unspecified atom stereocenters. The van der Waals surface area contributed by atoms with E-state index in [-0.39, 0.29) is 5.41 Å². The minimum Gasteiger partial charge on any atom is -0.382 e. The number of aryl methyl sites for hydroxylation is 1. The van der Waals surface area contributed by atoms with E-state index in [0.717, 1.165) is 34.8 Å². The summed E-state index contributed by atoms with van der Waals surface area (Å²) in [5, 5.41) is 6.87. The molecule has 0 aromatic carbocycles. The third-order valence-electron chi connectivity index (χ3n) is 3.61. The van der Waals surface area contributed by atoms with E-state index in [9.17, 15) is 0 Å². The Hall–Kier alpha value is -2.17. The molecule has 0 atom stereocenters. The van der Waals surface area contributed by atoms with E-state index in [2.05, 4.69) is 42.8 Å². The highest BCUT2D eigenvalue weighted by Crippen LogP contribution is 2.33. The van der Waals surface area contributed by atoms with Crippen molar-refractivity contribution >= 4 is 27.6 Å². The topological polar surface area (TPSA) is 69.6 Å².